The zero-order valence-electron chi connectivity index (χ0n) is 21.5. The van der Waals surface area contributed by atoms with Gasteiger partial charge in [0.25, 0.3) is 0 Å². The van der Waals surface area contributed by atoms with Gasteiger partial charge in [-0.2, -0.15) is 18.4 Å². The van der Waals surface area contributed by atoms with Crippen molar-refractivity contribution in [3.8, 4) is 23.1 Å². The highest BCUT2D eigenvalue weighted by molar-refractivity contribution is 5.98. The number of nitriles is 1. The lowest BCUT2D eigenvalue weighted by atomic mass is 9.74. The number of pyridine rings is 1. The van der Waals surface area contributed by atoms with Crippen molar-refractivity contribution in [1.82, 2.24) is 4.98 Å². The Morgan fingerprint density at radius 1 is 1.15 bits per heavy atom. The molecule has 2 aliphatic rings. The minimum atomic E-state index is -4.51. The fourth-order valence-electron chi connectivity index (χ4n) is 5.72. The van der Waals surface area contributed by atoms with Crippen molar-refractivity contribution in [2.24, 2.45) is 5.73 Å². The molecule has 2 aromatic carbocycles. The molecule has 0 radical (unpaired) electrons. The molecule has 0 aliphatic carbocycles. The SMILES string of the molecule is CCOc1ncccc1-c1ccc2c(c1)N(C(=O)CN)CC21CCN(c2ccc(C(F)(F)F)cc2C#N)CC1. The van der Waals surface area contributed by atoms with Crippen LogP contribution in [0.1, 0.15) is 36.5 Å². The molecule has 2 N–H and O–H groups in total. The Hall–Kier alpha value is -4.10. The van der Waals surface area contributed by atoms with Gasteiger partial charge in [-0.25, -0.2) is 4.98 Å². The van der Waals surface area contributed by atoms with Crippen LogP contribution in [-0.4, -0.2) is 43.7 Å². The van der Waals surface area contributed by atoms with Crippen LogP contribution in [0.4, 0.5) is 24.5 Å². The van der Waals surface area contributed by atoms with E-state index in [0.29, 0.717) is 50.7 Å². The number of anilines is 2. The lowest BCUT2D eigenvalue weighted by Gasteiger charge is -2.41. The summed E-state index contributed by atoms with van der Waals surface area (Å²) >= 11 is 0. The predicted octanol–water partition coefficient (Wildman–Crippen LogP) is 4.88. The normalized spacial score (nSPS) is 16.2. The van der Waals surface area contributed by atoms with E-state index in [1.165, 1.54) is 6.07 Å². The summed E-state index contributed by atoms with van der Waals surface area (Å²) in [6.45, 7) is 3.77. The maximum Gasteiger partial charge on any atom is 0.416 e. The van der Waals surface area contributed by atoms with Crippen molar-refractivity contribution in [3.63, 3.8) is 0 Å². The Morgan fingerprint density at radius 2 is 1.92 bits per heavy atom. The van der Waals surface area contributed by atoms with E-state index >= 15 is 0 Å². The van der Waals surface area contributed by atoms with Gasteiger partial charge in [0.05, 0.1) is 30.0 Å². The zero-order chi connectivity index (χ0) is 27.8. The Balaban J connectivity index is 1.46. The highest BCUT2D eigenvalue weighted by Crippen LogP contribution is 2.49. The molecule has 7 nitrogen and oxygen atoms in total. The minimum Gasteiger partial charge on any atom is -0.478 e. The van der Waals surface area contributed by atoms with Gasteiger partial charge in [0.2, 0.25) is 11.8 Å². The number of rotatable bonds is 5. The third kappa shape index (κ3) is 4.79. The summed E-state index contributed by atoms with van der Waals surface area (Å²) in [7, 11) is 0. The van der Waals surface area contributed by atoms with Crippen molar-refractivity contribution in [3.05, 3.63) is 71.4 Å². The third-order valence-electron chi connectivity index (χ3n) is 7.67. The van der Waals surface area contributed by atoms with E-state index in [2.05, 4.69) is 4.98 Å². The highest BCUT2D eigenvalue weighted by Gasteiger charge is 2.46. The first-order valence-electron chi connectivity index (χ1n) is 12.8. The van der Waals surface area contributed by atoms with E-state index in [1.807, 2.05) is 48.2 Å². The molecule has 39 heavy (non-hydrogen) atoms. The molecule has 5 rings (SSSR count). The number of benzene rings is 2. The smallest absolute Gasteiger partial charge is 0.416 e. The average Bonchev–Trinajstić information content (AvgIpc) is 3.25. The van der Waals surface area contributed by atoms with Gasteiger partial charge in [0.1, 0.15) is 6.07 Å². The predicted molar refractivity (Wildman–Crippen MR) is 142 cm³/mol. The fourth-order valence-corrected chi connectivity index (χ4v) is 5.72. The van der Waals surface area contributed by atoms with Crippen LogP contribution < -0.4 is 20.3 Å². The van der Waals surface area contributed by atoms with Crippen LogP contribution in [-0.2, 0) is 16.4 Å². The van der Waals surface area contributed by atoms with Gasteiger partial charge in [-0.3, -0.25) is 4.79 Å². The molecule has 0 bridgehead atoms. The topological polar surface area (TPSA) is 95.5 Å². The number of alkyl halides is 3. The van der Waals surface area contributed by atoms with Crippen molar-refractivity contribution in [2.75, 3.05) is 42.6 Å². The van der Waals surface area contributed by atoms with Crippen molar-refractivity contribution in [1.29, 1.82) is 5.26 Å². The monoisotopic (exact) mass is 535 g/mol. The number of amides is 1. The average molecular weight is 536 g/mol. The molecular weight excluding hydrogens is 507 g/mol. The lowest BCUT2D eigenvalue weighted by molar-refractivity contribution is -0.137. The maximum atomic E-state index is 13.2. The van der Waals surface area contributed by atoms with Crippen molar-refractivity contribution < 1.29 is 22.7 Å². The van der Waals surface area contributed by atoms with E-state index in [4.69, 9.17) is 10.5 Å². The second-order valence-corrected chi connectivity index (χ2v) is 9.81. The molecule has 0 atom stereocenters. The largest absolute Gasteiger partial charge is 0.478 e. The number of carbonyl (C=O) groups excluding carboxylic acids is 1. The van der Waals surface area contributed by atoms with Crippen LogP contribution in [0.5, 0.6) is 5.88 Å². The van der Waals surface area contributed by atoms with Crippen LogP contribution in [0, 0.1) is 11.3 Å². The van der Waals surface area contributed by atoms with Gasteiger partial charge in [-0.05, 0) is 67.3 Å². The summed E-state index contributed by atoms with van der Waals surface area (Å²) in [4.78, 5) is 21.0. The number of fused-ring (bicyclic) bond motifs is 2. The van der Waals surface area contributed by atoms with Crippen LogP contribution >= 0.6 is 0 Å². The van der Waals surface area contributed by atoms with Gasteiger partial charge in [-0.1, -0.05) is 12.1 Å². The first-order valence-corrected chi connectivity index (χ1v) is 12.8. The minimum absolute atomic E-state index is 0.00116. The van der Waals surface area contributed by atoms with Crippen LogP contribution in [0.15, 0.2) is 54.7 Å². The van der Waals surface area contributed by atoms with Gasteiger partial charge < -0.3 is 20.3 Å². The number of nitrogens with two attached hydrogens (primary N) is 1. The summed E-state index contributed by atoms with van der Waals surface area (Å²) < 4.78 is 45.2. The second-order valence-electron chi connectivity index (χ2n) is 9.81. The molecular formula is C29H28F3N5O2. The molecule has 2 aliphatic heterocycles. The van der Waals surface area contributed by atoms with E-state index in [9.17, 15) is 23.2 Å². The molecule has 1 saturated heterocycles. The number of ether oxygens (including phenoxy) is 1. The Bertz CT molecular complexity index is 1440. The quantitative estimate of drug-likeness (QED) is 0.500. The van der Waals surface area contributed by atoms with Crippen molar-refractivity contribution >= 4 is 17.3 Å². The summed E-state index contributed by atoms with van der Waals surface area (Å²) in [5.41, 5.74) is 8.64. The van der Waals surface area contributed by atoms with E-state index in [1.54, 1.807) is 11.1 Å². The molecule has 3 aromatic rings. The first-order chi connectivity index (χ1) is 18.7. The summed E-state index contributed by atoms with van der Waals surface area (Å²) in [5, 5.41) is 9.56. The van der Waals surface area contributed by atoms with Gasteiger partial charge in [-0.15, -0.1) is 0 Å². The number of nitrogens with zero attached hydrogens (tertiary/aromatic N) is 4. The Kier molecular flexibility index (Phi) is 6.95. The summed E-state index contributed by atoms with van der Waals surface area (Å²) in [5.74, 6) is 0.334. The first kappa shape index (κ1) is 26.5. The number of carbonyl (C=O) groups is 1. The molecule has 3 heterocycles. The van der Waals surface area contributed by atoms with E-state index < -0.39 is 11.7 Å². The molecule has 1 spiro atoms. The number of aromatic nitrogens is 1. The Morgan fingerprint density at radius 3 is 2.59 bits per heavy atom. The van der Waals surface area contributed by atoms with Crippen LogP contribution in [0.25, 0.3) is 11.1 Å². The molecule has 1 aromatic heterocycles. The molecule has 0 unspecified atom stereocenters. The lowest BCUT2D eigenvalue weighted by Crippen LogP contribution is -2.47. The van der Waals surface area contributed by atoms with Gasteiger partial charge >= 0.3 is 6.18 Å². The van der Waals surface area contributed by atoms with Crippen LogP contribution in [0.3, 0.4) is 0 Å². The molecule has 1 fully saturated rings. The second kappa shape index (κ2) is 10.2. The summed E-state index contributed by atoms with van der Waals surface area (Å²) in [6.07, 6.45) is -1.52. The number of hydrogen-bond donors (Lipinski definition) is 1. The fraction of sp³-hybridized carbons (Fsp3) is 0.345. The number of halogens is 3. The van der Waals surface area contributed by atoms with Gasteiger partial charge in [0.15, 0.2) is 0 Å². The number of piperidine rings is 1. The van der Waals surface area contributed by atoms with Gasteiger partial charge in [0, 0.05) is 42.5 Å². The molecule has 0 saturated carbocycles. The maximum absolute atomic E-state index is 13.2. The standard InChI is InChI=1S/C29H28F3N5O2/c1-2-39-27-22(4-3-11-35-27)19-5-7-23-25(15-19)37(26(38)17-34)18-28(23)9-12-36(13-10-28)24-8-6-21(29(30,31)32)14-20(24)16-33/h3-8,11,14-15H,2,9-10,12-13,17-18,34H2,1H3. The summed E-state index contributed by atoms with van der Waals surface area (Å²) in [6, 6.07) is 15.0. The van der Waals surface area contributed by atoms with Crippen molar-refractivity contribution in [2.45, 2.75) is 31.4 Å². The molecule has 10 heteroatoms. The molecule has 202 valence electrons. The highest BCUT2D eigenvalue weighted by atomic mass is 19.4. The molecule has 1 amide bonds. The number of hydrogen-bond acceptors (Lipinski definition) is 6. The third-order valence-corrected chi connectivity index (χ3v) is 7.67. The Labute approximate surface area is 224 Å². The van der Waals surface area contributed by atoms with E-state index in [-0.39, 0.29) is 23.4 Å². The van der Waals surface area contributed by atoms with E-state index in [0.717, 1.165) is 34.5 Å². The van der Waals surface area contributed by atoms with Crippen LogP contribution in [0.2, 0.25) is 0 Å². The zero-order valence-corrected chi connectivity index (χ0v) is 21.5.